The summed E-state index contributed by atoms with van der Waals surface area (Å²) in [6.07, 6.45) is 0.493. The maximum absolute atomic E-state index is 12.1. The van der Waals surface area contributed by atoms with Crippen molar-refractivity contribution >= 4 is 28.5 Å². The van der Waals surface area contributed by atoms with Crippen LogP contribution < -0.4 is 4.90 Å². The third-order valence-electron chi connectivity index (χ3n) is 3.51. The molecule has 8 heteroatoms. The van der Waals surface area contributed by atoms with E-state index in [2.05, 4.69) is 20.6 Å². The average molecular weight is 317 g/mol. The first-order valence-electron chi connectivity index (χ1n) is 6.91. The van der Waals surface area contributed by atoms with Gasteiger partial charge in [-0.25, -0.2) is 0 Å². The highest BCUT2D eigenvalue weighted by Crippen LogP contribution is 2.28. The summed E-state index contributed by atoms with van der Waals surface area (Å²) in [6.45, 7) is 2.20. The van der Waals surface area contributed by atoms with Gasteiger partial charge in [-0.2, -0.15) is 5.21 Å². The van der Waals surface area contributed by atoms with Crippen molar-refractivity contribution in [2.75, 3.05) is 17.2 Å². The average Bonchev–Trinajstić information content (AvgIpc) is 3.15. The van der Waals surface area contributed by atoms with Crippen LogP contribution in [0.25, 0.3) is 11.4 Å². The van der Waals surface area contributed by atoms with Gasteiger partial charge in [0, 0.05) is 36.9 Å². The molecule has 1 aliphatic rings. The van der Waals surface area contributed by atoms with Crippen LogP contribution in [0, 0.1) is 5.92 Å². The van der Waals surface area contributed by atoms with Crippen molar-refractivity contribution in [3.05, 3.63) is 24.3 Å². The minimum absolute atomic E-state index is 0.0929. The number of rotatable bonds is 4. The molecule has 0 saturated carbocycles. The molecule has 1 atom stereocenters. The van der Waals surface area contributed by atoms with E-state index < -0.39 is 0 Å². The number of aromatic amines is 1. The quantitative estimate of drug-likeness (QED) is 0.919. The lowest BCUT2D eigenvalue weighted by Crippen LogP contribution is -2.24. The summed E-state index contributed by atoms with van der Waals surface area (Å²) in [5.41, 5.74) is 1.69. The lowest BCUT2D eigenvalue weighted by atomic mass is 10.1. The maximum atomic E-state index is 12.1. The number of nitrogens with zero attached hydrogens (tertiary/aromatic N) is 4. The Balaban J connectivity index is 1.69. The molecule has 1 aromatic carbocycles. The molecule has 22 heavy (non-hydrogen) atoms. The van der Waals surface area contributed by atoms with Crippen molar-refractivity contribution < 1.29 is 9.59 Å². The highest BCUT2D eigenvalue weighted by molar-refractivity contribution is 8.13. The van der Waals surface area contributed by atoms with E-state index in [4.69, 9.17) is 0 Å². The third kappa shape index (κ3) is 3.16. The van der Waals surface area contributed by atoms with Gasteiger partial charge in [-0.05, 0) is 35.4 Å². The summed E-state index contributed by atoms with van der Waals surface area (Å²) in [5.74, 6) is 1.54. The van der Waals surface area contributed by atoms with Gasteiger partial charge in [0.25, 0.3) is 0 Å². The van der Waals surface area contributed by atoms with Gasteiger partial charge in [0.1, 0.15) is 0 Å². The van der Waals surface area contributed by atoms with Crippen LogP contribution in [-0.2, 0) is 9.59 Å². The summed E-state index contributed by atoms with van der Waals surface area (Å²) in [4.78, 5) is 24.9. The fraction of sp³-hybridized carbons (Fsp3) is 0.357. The zero-order chi connectivity index (χ0) is 15.5. The number of carbonyl (C=O) groups excluding carboxylic acids is 2. The number of nitrogens with one attached hydrogen (secondary N) is 1. The molecule has 7 nitrogen and oxygen atoms in total. The van der Waals surface area contributed by atoms with Gasteiger partial charge >= 0.3 is 0 Å². The molecule has 0 radical (unpaired) electrons. The molecule has 1 saturated heterocycles. The van der Waals surface area contributed by atoms with Gasteiger partial charge in [0.2, 0.25) is 11.7 Å². The molecule has 1 unspecified atom stereocenters. The number of hydrogen-bond acceptors (Lipinski definition) is 6. The molecule has 2 heterocycles. The smallest absolute Gasteiger partial charge is 0.227 e. The number of benzene rings is 1. The summed E-state index contributed by atoms with van der Waals surface area (Å²) < 4.78 is 0. The summed E-state index contributed by atoms with van der Waals surface area (Å²) in [7, 11) is 0. The number of H-pyrrole nitrogens is 1. The number of tetrazole rings is 1. The fourth-order valence-corrected chi connectivity index (χ4v) is 3.15. The second-order valence-electron chi connectivity index (χ2n) is 5.16. The number of anilines is 1. The molecule has 2 aromatic rings. The molecule has 114 valence electrons. The first-order valence-corrected chi connectivity index (χ1v) is 7.89. The molecule has 0 aliphatic carbocycles. The third-order valence-corrected chi connectivity index (χ3v) is 4.55. The van der Waals surface area contributed by atoms with Crippen LogP contribution in [-0.4, -0.2) is 43.9 Å². The first-order chi connectivity index (χ1) is 10.6. The largest absolute Gasteiger partial charge is 0.312 e. The Labute approximate surface area is 131 Å². The lowest BCUT2D eigenvalue weighted by molar-refractivity contribution is -0.117. The molecule has 1 aliphatic heterocycles. The Morgan fingerprint density at radius 2 is 2.18 bits per heavy atom. The summed E-state index contributed by atoms with van der Waals surface area (Å²) in [5, 5.41) is 13.9. The molecule has 1 amide bonds. The highest BCUT2D eigenvalue weighted by atomic mass is 32.2. The van der Waals surface area contributed by atoms with E-state index in [0.717, 1.165) is 11.3 Å². The molecule has 3 rings (SSSR count). The van der Waals surface area contributed by atoms with E-state index in [-0.39, 0.29) is 16.9 Å². The van der Waals surface area contributed by atoms with Crippen molar-refractivity contribution in [3.8, 4) is 11.4 Å². The van der Waals surface area contributed by atoms with Gasteiger partial charge in [-0.15, -0.1) is 10.2 Å². The van der Waals surface area contributed by atoms with Crippen LogP contribution in [0.5, 0.6) is 0 Å². The molecule has 0 bridgehead atoms. The van der Waals surface area contributed by atoms with Crippen molar-refractivity contribution in [1.82, 2.24) is 20.6 Å². The van der Waals surface area contributed by atoms with Crippen molar-refractivity contribution in [1.29, 1.82) is 0 Å². The Kier molecular flexibility index (Phi) is 4.19. The molecule has 0 spiro atoms. The number of hydrogen-bond donors (Lipinski definition) is 1. The minimum Gasteiger partial charge on any atom is -0.312 e. The first kappa shape index (κ1) is 14.7. The Morgan fingerprint density at radius 3 is 2.82 bits per heavy atom. The molecule has 1 fully saturated rings. The lowest BCUT2D eigenvalue weighted by Gasteiger charge is -2.16. The van der Waals surface area contributed by atoms with Crippen LogP contribution >= 0.6 is 11.8 Å². The van der Waals surface area contributed by atoms with Crippen molar-refractivity contribution in [2.45, 2.75) is 13.3 Å². The Bertz CT molecular complexity index is 671. The van der Waals surface area contributed by atoms with Gasteiger partial charge in [-0.3, -0.25) is 9.59 Å². The Hall–Kier alpha value is -2.22. The van der Waals surface area contributed by atoms with Crippen LogP contribution in [0.1, 0.15) is 13.3 Å². The predicted molar refractivity (Wildman–Crippen MR) is 83.2 cm³/mol. The van der Waals surface area contributed by atoms with E-state index in [9.17, 15) is 9.59 Å². The van der Waals surface area contributed by atoms with Gasteiger partial charge in [-0.1, -0.05) is 11.8 Å². The van der Waals surface area contributed by atoms with E-state index in [0.29, 0.717) is 24.5 Å². The zero-order valence-corrected chi connectivity index (χ0v) is 12.8. The summed E-state index contributed by atoms with van der Waals surface area (Å²) >= 11 is 1.28. The second kappa shape index (κ2) is 6.27. The maximum Gasteiger partial charge on any atom is 0.227 e. The van der Waals surface area contributed by atoms with Gasteiger partial charge < -0.3 is 4.90 Å². The van der Waals surface area contributed by atoms with Crippen molar-refractivity contribution in [2.24, 2.45) is 5.92 Å². The van der Waals surface area contributed by atoms with E-state index in [1.54, 1.807) is 11.8 Å². The fourth-order valence-electron chi connectivity index (χ4n) is 2.45. The molecule has 1 aromatic heterocycles. The zero-order valence-electron chi connectivity index (χ0n) is 12.0. The normalized spacial score (nSPS) is 18.0. The minimum atomic E-state index is 0.0929. The van der Waals surface area contributed by atoms with Crippen LogP contribution in [0.2, 0.25) is 0 Å². The number of amides is 1. The SMILES string of the molecule is CC(=O)SCC1CC(=O)N(c2ccc(-c3nn[nH]n3)cc2)C1. The van der Waals surface area contributed by atoms with E-state index in [1.165, 1.54) is 11.8 Å². The summed E-state index contributed by atoms with van der Waals surface area (Å²) in [6, 6.07) is 7.49. The highest BCUT2D eigenvalue weighted by Gasteiger charge is 2.30. The standard InChI is InChI=1S/C14H15N5O2S/c1-9(20)22-8-10-6-13(21)19(7-10)12-4-2-11(3-5-12)14-15-17-18-16-14/h2-5,10H,6-8H2,1H3,(H,15,16,17,18). The Morgan fingerprint density at radius 1 is 1.41 bits per heavy atom. The topological polar surface area (TPSA) is 91.8 Å². The second-order valence-corrected chi connectivity index (χ2v) is 6.36. The van der Waals surface area contributed by atoms with Crippen LogP contribution in [0.15, 0.2) is 24.3 Å². The predicted octanol–water partition coefficient (Wildman–Crippen LogP) is 1.50. The molecule has 1 N–H and O–H groups in total. The van der Waals surface area contributed by atoms with E-state index in [1.807, 2.05) is 24.3 Å². The van der Waals surface area contributed by atoms with Crippen LogP contribution in [0.4, 0.5) is 5.69 Å². The van der Waals surface area contributed by atoms with Gasteiger partial charge in [0.05, 0.1) is 0 Å². The molecular formula is C14H15N5O2S. The van der Waals surface area contributed by atoms with Gasteiger partial charge in [0.15, 0.2) is 5.12 Å². The van der Waals surface area contributed by atoms with E-state index >= 15 is 0 Å². The van der Waals surface area contributed by atoms with Crippen molar-refractivity contribution in [3.63, 3.8) is 0 Å². The number of thioether (sulfide) groups is 1. The monoisotopic (exact) mass is 317 g/mol. The number of aromatic nitrogens is 4. The number of carbonyl (C=O) groups is 2. The van der Waals surface area contributed by atoms with Crippen LogP contribution in [0.3, 0.4) is 0 Å². The molecular weight excluding hydrogens is 302 g/mol.